The van der Waals surface area contributed by atoms with E-state index in [1.807, 2.05) is 0 Å². The van der Waals surface area contributed by atoms with E-state index in [1.165, 1.54) is 18.3 Å². The van der Waals surface area contributed by atoms with Crippen LogP contribution in [0.25, 0.3) is 0 Å². The molecule has 2 rings (SSSR count). The van der Waals surface area contributed by atoms with E-state index in [0.717, 1.165) is 18.2 Å². The Labute approximate surface area is 164 Å². The number of hydrogen-bond donors (Lipinski definition) is 2. The molecule has 0 radical (unpaired) electrons. The van der Waals surface area contributed by atoms with Crippen LogP contribution in [0.5, 0.6) is 0 Å². The van der Waals surface area contributed by atoms with Gasteiger partial charge in [-0.15, -0.1) is 11.3 Å². The van der Waals surface area contributed by atoms with E-state index in [0.29, 0.717) is 4.88 Å². The number of carbonyl (C=O) groups is 3. The lowest BCUT2D eigenvalue weighted by Gasteiger charge is -2.22. The SMILES string of the molecule is CC(C)[C@@H](NC(=O)c1cccs1)C(=O)O[C@H](C)C(=O)Nc1cc(F)ccc1F. The van der Waals surface area contributed by atoms with Crippen LogP contribution in [0.1, 0.15) is 30.4 Å². The smallest absolute Gasteiger partial charge is 0.329 e. The molecule has 2 atom stereocenters. The first kappa shape index (κ1) is 21.5. The van der Waals surface area contributed by atoms with Crippen LogP contribution in [-0.2, 0) is 14.3 Å². The van der Waals surface area contributed by atoms with Crippen LogP contribution in [0, 0.1) is 17.6 Å². The normalized spacial score (nSPS) is 12.9. The van der Waals surface area contributed by atoms with Gasteiger partial charge < -0.3 is 15.4 Å². The minimum Gasteiger partial charge on any atom is -0.451 e. The summed E-state index contributed by atoms with van der Waals surface area (Å²) in [7, 11) is 0. The number of benzene rings is 1. The Morgan fingerprint density at radius 3 is 2.43 bits per heavy atom. The number of amides is 2. The summed E-state index contributed by atoms with van der Waals surface area (Å²) < 4.78 is 31.9. The summed E-state index contributed by atoms with van der Waals surface area (Å²) in [6.45, 7) is 4.73. The van der Waals surface area contributed by atoms with Crippen LogP contribution >= 0.6 is 11.3 Å². The summed E-state index contributed by atoms with van der Waals surface area (Å²) in [5.74, 6) is -3.90. The molecule has 2 N–H and O–H groups in total. The largest absolute Gasteiger partial charge is 0.451 e. The number of hydrogen-bond acceptors (Lipinski definition) is 5. The van der Waals surface area contributed by atoms with Gasteiger partial charge in [0, 0.05) is 6.07 Å². The molecule has 2 aromatic rings. The second-order valence-corrected chi connectivity index (χ2v) is 7.31. The van der Waals surface area contributed by atoms with Crippen molar-refractivity contribution < 1.29 is 27.9 Å². The van der Waals surface area contributed by atoms with Gasteiger partial charge in [0.05, 0.1) is 10.6 Å². The highest BCUT2D eigenvalue weighted by Gasteiger charge is 2.29. The molecular weight excluding hydrogens is 390 g/mol. The van der Waals surface area contributed by atoms with Gasteiger partial charge in [0.25, 0.3) is 11.8 Å². The van der Waals surface area contributed by atoms with Gasteiger partial charge in [-0.2, -0.15) is 0 Å². The summed E-state index contributed by atoms with van der Waals surface area (Å²) in [5, 5.41) is 6.49. The number of carbonyl (C=O) groups excluding carboxylic acids is 3. The van der Waals surface area contributed by atoms with E-state index >= 15 is 0 Å². The Hall–Kier alpha value is -2.81. The molecule has 9 heteroatoms. The van der Waals surface area contributed by atoms with Crippen molar-refractivity contribution in [3.63, 3.8) is 0 Å². The van der Waals surface area contributed by atoms with Crippen LogP contribution < -0.4 is 10.6 Å². The molecule has 0 unspecified atom stereocenters. The van der Waals surface area contributed by atoms with E-state index in [4.69, 9.17) is 4.74 Å². The Morgan fingerprint density at radius 2 is 1.82 bits per heavy atom. The number of anilines is 1. The highest BCUT2D eigenvalue weighted by atomic mass is 32.1. The highest BCUT2D eigenvalue weighted by molar-refractivity contribution is 7.12. The summed E-state index contributed by atoms with van der Waals surface area (Å²) in [6, 6.07) is 4.96. The first-order chi connectivity index (χ1) is 13.2. The lowest BCUT2D eigenvalue weighted by molar-refractivity contribution is -0.156. The molecule has 1 aromatic heterocycles. The van der Waals surface area contributed by atoms with Gasteiger partial charge >= 0.3 is 5.97 Å². The van der Waals surface area contributed by atoms with E-state index in [1.54, 1.807) is 31.4 Å². The third kappa shape index (κ3) is 5.59. The number of halogens is 2. The van der Waals surface area contributed by atoms with Crippen molar-refractivity contribution in [2.24, 2.45) is 5.92 Å². The molecule has 0 saturated carbocycles. The molecule has 6 nitrogen and oxygen atoms in total. The minimum atomic E-state index is -1.28. The molecule has 1 aromatic carbocycles. The third-order valence-corrected chi connectivity index (χ3v) is 4.67. The number of thiophene rings is 1. The van der Waals surface area contributed by atoms with Crippen LogP contribution in [0.4, 0.5) is 14.5 Å². The second-order valence-electron chi connectivity index (χ2n) is 6.36. The zero-order chi connectivity index (χ0) is 20.8. The van der Waals surface area contributed by atoms with Crippen molar-refractivity contribution in [2.75, 3.05) is 5.32 Å². The van der Waals surface area contributed by atoms with Gasteiger partial charge in [0.15, 0.2) is 6.10 Å². The number of nitrogens with one attached hydrogen (secondary N) is 2. The van der Waals surface area contributed by atoms with Crippen molar-refractivity contribution in [3.05, 3.63) is 52.2 Å². The molecule has 0 spiro atoms. The van der Waals surface area contributed by atoms with Gasteiger partial charge in [-0.1, -0.05) is 19.9 Å². The summed E-state index contributed by atoms with van der Waals surface area (Å²) >= 11 is 1.22. The molecule has 0 bridgehead atoms. The van der Waals surface area contributed by atoms with Crippen molar-refractivity contribution >= 4 is 34.8 Å². The minimum absolute atomic E-state index is 0.299. The Bertz CT molecular complexity index is 856. The molecule has 2 amide bonds. The fraction of sp³-hybridized carbons (Fsp3) is 0.316. The number of rotatable bonds is 7. The molecule has 0 aliphatic carbocycles. The monoisotopic (exact) mass is 410 g/mol. The maximum atomic E-state index is 13.6. The van der Waals surface area contributed by atoms with E-state index < -0.39 is 41.6 Å². The van der Waals surface area contributed by atoms with E-state index in [-0.39, 0.29) is 11.6 Å². The topological polar surface area (TPSA) is 84.5 Å². The Balaban J connectivity index is 2.00. The van der Waals surface area contributed by atoms with Gasteiger partial charge in [0.1, 0.15) is 17.7 Å². The molecular formula is C19H20F2N2O4S. The number of ether oxygens (including phenoxy) is 1. The quantitative estimate of drug-likeness (QED) is 0.686. The summed E-state index contributed by atoms with van der Waals surface area (Å²) in [5.41, 5.74) is -0.362. The van der Waals surface area contributed by atoms with Gasteiger partial charge in [0.2, 0.25) is 0 Å². The van der Waals surface area contributed by atoms with Crippen molar-refractivity contribution in [3.8, 4) is 0 Å². The van der Waals surface area contributed by atoms with Crippen LogP contribution in [0.2, 0.25) is 0 Å². The highest BCUT2D eigenvalue weighted by Crippen LogP contribution is 2.16. The maximum absolute atomic E-state index is 13.6. The molecule has 0 aliphatic heterocycles. The summed E-state index contributed by atoms with van der Waals surface area (Å²) in [4.78, 5) is 37.2. The van der Waals surface area contributed by atoms with Crippen LogP contribution in [0.15, 0.2) is 35.7 Å². The van der Waals surface area contributed by atoms with Gasteiger partial charge in [-0.05, 0) is 36.4 Å². The zero-order valence-electron chi connectivity index (χ0n) is 15.5. The molecule has 28 heavy (non-hydrogen) atoms. The molecule has 1 heterocycles. The summed E-state index contributed by atoms with van der Waals surface area (Å²) in [6.07, 6.45) is -1.28. The fourth-order valence-corrected chi connectivity index (χ4v) is 2.87. The maximum Gasteiger partial charge on any atom is 0.329 e. The lowest BCUT2D eigenvalue weighted by atomic mass is 10.0. The fourth-order valence-electron chi connectivity index (χ4n) is 2.25. The molecule has 0 fully saturated rings. The van der Waals surface area contributed by atoms with Crippen molar-refractivity contribution in [1.82, 2.24) is 5.32 Å². The average Bonchev–Trinajstić information content (AvgIpc) is 3.16. The molecule has 0 saturated heterocycles. The molecule has 0 aliphatic rings. The second kappa shape index (κ2) is 9.41. The van der Waals surface area contributed by atoms with Gasteiger partial charge in [-0.3, -0.25) is 9.59 Å². The number of esters is 1. The predicted molar refractivity (Wildman–Crippen MR) is 101 cm³/mol. The lowest BCUT2D eigenvalue weighted by Crippen LogP contribution is -2.47. The Kier molecular flexibility index (Phi) is 7.22. The first-order valence-electron chi connectivity index (χ1n) is 8.49. The third-order valence-electron chi connectivity index (χ3n) is 3.80. The van der Waals surface area contributed by atoms with Crippen molar-refractivity contribution in [1.29, 1.82) is 0 Å². The zero-order valence-corrected chi connectivity index (χ0v) is 16.3. The van der Waals surface area contributed by atoms with Crippen LogP contribution in [0.3, 0.4) is 0 Å². The Morgan fingerprint density at radius 1 is 1.11 bits per heavy atom. The van der Waals surface area contributed by atoms with E-state index in [9.17, 15) is 23.2 Å². The predicted octanol–water partition coefficient (Wildman–Crippen LogP) is 3.35. The molecule has 150 valence electrons. The standard InChI is InChI=1S/C19H20F2N2O4S/c1-10(2)16(23-18(25)15-5-4-8-28-15)19(26)27-11(3)17(24)22-14-9-12(20)6-7-13(14)21/h4-11,16H,1-3H3,(H,22,24)(H,23,25)/t11-,16-/m1/s1. The first-order valence-corrected chi connectivity index (χ1v) is 9.37. The van der Waals surface area contributed by atoms with Crippen LogP contribution in [-0.4, -0.2) is 29.9 Å². The van der Waals surface area contributed by atoms with Gasteiger partial charge in [-0.25, -0.2) is 13.6 Å². The van der Waals surface area contributed by atoms with E-state index in [2.05, 4.69) is 10.6 Å². The average molecular weight is 410 g/mol. The van der Waals surface area contributed by atoms with Crippen molar-refractivity contribution in [2.45, 2.75) is 32.9 Å².